The smallest absolute Gasteiger partial charge is 0.260 e. The molecule has 2 aromatic carbocycles. The highest BCUT2D eigenvalue weighted by atomic mass is 35.5. The van der Waals surface area contributed by atoms with Crippen molar-refractivity contribution in [3.63, 3.8) is 0 Å². The van der Waals surface area contributed by atoms with Gasteiger partial charge >= 0.3 is 0 Å². The molecule has 0 saturated carbocycles. The number of ether oxygens (including phenoxy) is 1. The molecule has 1 aliphatic heterocycles. The summed E-state index contributed by atoms with van der Waals surface area (Å²) >= 11 is 5.83. The Morgan fingerprint density at radius 3 is 2.14 bits per heavy atom. The largest absolute Gasteiger partial charge is 0.483 e. The van der Waals surface area contributed by atoms with E-state index in [9.17, 15) is 13.2 Å². The molecule has 0 aromatic heterocycles. The third-order valence-corrected chi connectivity index (χ3v) is 6.96. The third kappa shape index (κ3) is 4.48. The maximum absolute atomic E-state index is 12.7. The van der Waals surface area contributed by atoms with Crippen molar-refractivity contribution in [2.45, 2.75) is 18.7 Å². The first-order chi connectivity index (χ1) is 13.3. The zero-order valence-corrected chi connectivity index (χ0v) is 17.5. The first-order valence-corrected chi connectivity index (χ1v) is 10.8. The van der Waals surface area contributed by atoms with Gasteiger partial charge in [-0.1, -0.05) is 29.8 Å². The molecule has 28 heavy (non-hydrogen) atoms. The van der Waals surface area contributed by atoms with Gasteiger partial charge in [0.05, 0.1) is 4.90 Å². The lowest BCUT2D eigenvalue weighted by atomic mass is 10.1. The zero-order chi connectivity index (χ0) is 20.3. The van der Waals surface area contributed by atoms with Crippen molar-refractivity contribution in [1.82, 2.24) is 9.21 Å². The SMILES string of the molecule is Cc1cccc(C)c1OCC(=O)N1CCN(S(=O)(=O)c2ccc(Cl)cc2)CC1. The highest BCUT2D eigenvalue weighted by Gasteiger charge is 2.30. The topological polar surface area (TPSA) is 66.9 Å². The van der Waals surface area contributed by atoms with E-state index >= 15 is 0 Å². The second-order valence-electron chi connectivity index (χ2n) is 6.75. The molecule has 0 atom stereocenters. The lowest BCUT2D eigenvalue weighted by Crippen LogP contribution is -2.51. The van der Waals surface area contributed by atoms with Crippen LogP contribution >= 0.6 is 11.6 Å². The summed E-state index contributed by atoms with van der Waals surface area (Å²) in [6.45, 7) is 4.99. The number of sulfonamides is 1. The summed E-state index contributed by atoms with van der Waals surface area (Å²) in [6.07, 6.45) is 0. The number of rotatable bonds is 5. The molecule has 0 N–H and O–H groups in total. The normalized spacial score (nSPS) is 15.5. The van der Waals surface area contributed by atoms with E-state index in [0.717, 1.165) is 16.9 Å². The summed E-state index contributed by atoms with van der Waals surface area (Å²) in [5, 5.41) is 0.484. The summed E-state index contributed by atoms with van der Waals surface area (Å²) in [5.74, 6) is 0.575. The van der Waals surface area contributed by atoms with Crippen LogP contribution in [0.3, 0.4) is 0 Å². The molecule has 1 fully saturated rings. The van der Waals surface area contributed by atoms with Gasteiger partial charge in [-0.15, -0.1) is 0 Å². The lowest BCUT2D eigenvalue weighted by Gasteiger charge is -2.34. The monoisotopic (exact) mass is 422 g/mol. The summed E-state index contributed by atoms with van der Waals surface area (Å²) in [6, 6.07) is 11.9. The molecule has 2 aromatic rings. The Balaban J connectivity index is 1.57. The molecule has 1 heterocycles. The van der Waals surface area contributed by atoms with Crippen molar-refractivity contribution >= 4 is 27.5 Å². The molecular formula is C20H23ClN2O4S. The van der Waals surface area contributed by atoms with Gasteiger partial charge in [0.15, 0.2) is 6.61 Å². The fourth-order valence-electron chi connectivity index (χ4n) is 3.19. The summed E-state index contributed by atoms with van der Waals surface area (Å²) in [5.41, 5.74) is 1.96. The Labute approximate surface area is 170 Å². The summed E-state index contributed by atoms with van der Waals surface area (Å²) in [7, 11) is -3.59. The number of carbonyl (C=O) groups is 1. The fraction of sp³-hybridized carbons (Fsp3) is 0.350. The van der Waals surface area contributed by atoms with Crippen LogP contribution in [-0.4, -0.2) is 56.3 Å². The van der Waals surface area contributed by atoms with Crippen LogP contribution in [0.1, 0.15) is 11.1 Å². The lowest BCUT2D eigenvalue weighted by molar-refractivity contribution is -0.134. The van der Waals surface area contributed by atoms with Crippen LogP contribution in [0.15, 0.2) is 47.4 Å². The molecule has 150 valence electrons. The van der Waals surface area contributed by atoms with Crippen LogP contribution in [-0.2, 0) is 14.8 Å². The minimum Gasteiger partial charge on any atom is -0.483 e. The van der Waals surface area contributed by atoms with E-state index in [2.05, 4.69) is 0 Å². The predicted molar refractivity (Wildman–Crippen MR) is 108 cm³/mol. The number of para-hydroxylation sites is 1. The number of carbonyl (C=O) groups excluding carboxylic acids is 1. The van der Waals surface area contributed by atoms with Gasteiger partial charge < -0.3 is 9.64 Å². The number of amides is 1. The van der Waals surface area contributed by atoms with Gasteiger partial charge in [-0.25, -0.2) is 8.42 Å². The van der Waals surface area contributed by atoms with Gasteiger partial charge in [0.1, 0.15) is 5.75 Å². The van der Waals surface area contributed by atoms with Crippen molar-refractivity contribution in [2.75, 3.05) is 32.8 Å². The summed E-state index contributed by atoms with van der Waals surface area (Å²) in [4.78, 5) is 14.3. The highest BCUT2D eigenvalue weighted by molar-refractivity contribution is 7.89. The first-order valence-electron chi connectivity index (χ1n) is 9.01. The van der Waals surface area contributed by atoms with E-state index in [-0.39, 0.29) is 30.5 Å². The van der Waals surface area contributed by atoms with Crippen molar-refractivity contribution in [1.29, 1.82) is 0 Å². The number of benzene rings is 2. The average molecular weight is 423 g/mol. The maximum Gasteiger partial charge on any atom is 0.260 e. The van der Waals surface area contributed by atoms with E-state index in [1.807, 2.05) is 32.0 Å². The van der Waals surface area contributed by atoms with Crippen LogP contribution in [0.25, 0.3) is 0 Å². The van der Waals surface area contributed by atoms with E-state index in [1.54, 1.807) is 17.0 Å². The molecule has 1 aliphatic rings. The Morgan fingerprint density at radius 1 is 1.00 bits per heavy atom. The molecule has 3 rings (SSSR count). The molecule has 0 spiro atoms. The standard InChI is InChI=1S/C20H23ClN2O4S/c1-15-4-3-5-16(2)20(15)27-14-19(24)22-10-12-23(13-11-22)28(25,26)18-8-6-17(21)7-9-18/h3-9H,10-14H2,1-2H3. The van der Waals surface area contributed by atoms with Crippen molar-refractivity contribution in [2.24, 2.45) is 0 Å². The van der Waals surface area contributed by atoms with E-state index < -0.39 is 10.0 Å². The molecule has 1 amide bonds. The average Bonchev–Trinajstić information content (AvgIpc) is 2.68. The minimum atomic E-state index is -3.59. The number of aryl methyl sites for hydroxylation is 2. The Hall–Kier alpha value is -2.09. The maximum atomic E-state index is 12.7. The Bertz CT molecular complexity index is 932. The van der Waals surface area contributed by atoms with Gasteiger partial charge in [0, 0.05) is 31.2 Å². The first kappa shape index (κ1) is 20.6. The molecule has 0 bridgehead atoms. The number of halogens is 1. The van der Waals surface area contributed by atoms with Gasteiger partial charge in [0.2, 0.25) is 10.0 Å². The number of nitrogens with zero attached hydrogens (tertiary/aromatic N) is 2. The Morgan fingerprint density at radius 2 is 1.57 bits per heavy atom. The van der Waals surface area contributed by atoms with Crippen LogP contribution in [0, 0.1) is 13.8 Å². The van der Waals surface area contributed by atoms with Gasteiger partial charge in [-0.2, -0.15) is 4.31 Å². The second-order valence-corrected chi connectivity index (χ2v) is 9.12. The van der Waals surface area contributed by atoms with Crippen molar-refractivity contribution in [3.8, 4) is 5.75 Å². The van der Waals surface area contributed by atoms with Crippen LogP contribution in [0.5, 0.6) is 5.75 Å². The zero-order valence-electron chi connectivity index (χ0n) is 15.9. The predicted octanol–water partition coefficient (Wildman–Crippen LogP) is 2.87. The molecule has 0 aliphatic carbocycles. The van der Waals surface area contributed by atoms with E-state index in [4.69, 9.17) is 16.3 Å². The molecule has 0 unspecified atom stereocenters. The molecule has 8 heteroatoms. The van der Waals surface area contributed by atoms with Crippen LogP contribution in [0.4, 0.5) is 0 Å². The van der Waals surface area contributed by atoms with Crippen LogP contribution in [0.2, 0.25) is 5.02 Å². The fourth-order valence-corrected chi connectivity index (χ4v) is 4.73. The third-order valence-electron chi connectivity index (χ3n) is 4.79. The number of hydrogen-bond donors (Lipinski definition) is 0. The highest BCUT2D eigenvalue weighted by Crippen LogP contribution is 2.23. The summed E-state index contributed by atoms with van der Waals surface area (Å²) < 4.78 is 32.5. The van der Waals surface area contributed by atoms with Gasteiger partial charge in [-0.05, 0) is 49.2 Å². The molecular weight excluding hydrogens is 400 g/mol. The number of hydrogen-bond acceptors (Lipinski definition) is 4. The van der Waals surface area contributed by atoms with Crippen molar-refractivity contribution < 1.29 is 17.9 Å². The van der Waals surface area contributed by atoms with Gasteiger partial charge in [-0.3, -0.25) is 4.79 Å². The second kappa shape index (κ2) is 8.51. The van der Waals surface area contributed by atoms with E-state index in [0.29, 0.717) is 18.1 Å². The molecule has 0 radical (unpaired) electrons. The van der Waals surface area contributed by atoms with Crippen LogP contribution < -0.4 is 4.74 Å². The van der Waals surface area contributed by atoms with Gasteiger partial charge in [0.25, 0.3) is 5.91 Å². The quantitative estimate of drug-likeness (QED) is 0.743. The Kier molecular flexibility index (Phi) is 6.27. The molecule has 6 nitrogen and oxygen atoms in total. The van der Waals surface area contributed by atoms with Crippen molar-refractivity contribution in [3.05, 3.63) is 58.6 Å². The minimum absolute atomic E-state index is 0.0599. The van der Waals surface area contributed by atoms with E-state index in [1.165, 1.54) is 16.4 Å². The number of piperazine rings is 1. The molecule has 1 saturated heterocycles.